The third-order valence-electron chi connectivity index (χ3n) is 4.71. The first-order valence-corrected chi connectivity index (χ1v) is 9.03. The Balaban J connectivity index is 1.34. The van der Waals surface area contributed by atoms with E-state index in [2.05, 4.69) is 15.6 Å². The summed E-state index contributed by atoms with van der Waals surface area (Å²) in [5.41, 5.74) is 1.30. The monoisotopic (exact) mass is 359 g/mol. The predicted octanol–water partition coefficient (Wildman–Crippen LogP) is 3.22. The maximum Gasteiger partial charge on any atom is 0.191 e. The van der Waals surface area contributed by atoms with E-state index in [-0.39, 0.29) is 11.2 Å². The fourth-order valence-corrected chi connectivity index (χ4v) is 2.94. The lowest BCUT2D eigenvalue weighted by Crippen LogP contribution is -2.41. The average Bonchev–Trinajstić information content (AvgIpc) is 3.27. The van der Waals surface area contributed by atoms with Crippen molar-refractivity contribution in [3.05, 3.63) is 59.8 Å². The molecule has 0 atom stereocenters. The molecule has 0 aliphatic heterocycles. The van der Waals surface area contributed by atoms with Crippen molar-refractivity contribution in [3.63, 3.8) is 0 Å². The summed E-state index contributed by atoms with van der Waals surface area (Å²) in [4.78, 5) is 4.26. The molecule has 1 aromatic carbocycles. The lowest BCUT2D eigenvalue weighted by atomic mass is 9.96. The van der Waals surface area contributed by atoms with Gasteiger partial charge in [0.1, 0.15) is 18.2 Å². The van der Waals surface area contributed by atoms with E-state index in [9.17, 15) is 4.39 Å². The normalized spacial score (nSPS) is 15.7. The van der Waals surface area contributed by atoms with Gasteiger partial charge >= 0.3 is 0 Å². The zero-order valence-corrected chi connectivity index (χ0v) is 15.1. The van der Waals surface area contributed by atoms with Gasteiger partial charge in [-0.3, -0.25) is 4.99 Å². The van der Waals surface area contributed by atoms with Gasteiger partial charge in [0.25, 0.3) is 0 Å². The first kappa shape index (κ1) is 18.5. The van der Waals surface area contributed by atoms with Gasteiger partial charge < -0.3 is 19.8 Å². The fraction of sp³-hybridized carbons (Fsp3) is 0.450. The van der Waals surface area contributed by atoms with Gasteiger partial charge in [-0.15, -0.1) is 0 Å². The van der Waals surface area contributed by atoms with Gasteiger partial charge in [-0.2, -0.15) is 0 Å². The van der Waals surface area contributed by atoms with Crippen LogP contribution in [0, 0.1) is 5.82 Å². The van der Waals surface area contributed by atoms with Crippen LogP contribution < -0.4 is 10.6 Å². The van der Waals surface area contributed by atoms with Crippen molar-refractivity contribution < 1.29 is 13.5 Å². The van der Waals surface area contributed by atoms with Crippen LogP contribution in [0.15, 0.2) is 52.1 Å². The van der Waals surface area contributed by atoms with Crippen LogP contribution in [0.5, 0.6) is 0 Å². The van der Waals surface area contributed by atoms with Crippen molar-refractivity contribution in [2.75, 3.05) is 26.7 Å². The molecule has 5 nitrogen and oxygen atoms in total. The van der Waals surface area contributed by atoms with Crippen LogP contribution in [0.25, 0.3) is 0 Å². The second kappa shape index (κ2) is 8.85. The molecular formula is C20H26FN3O2. The number of aliphatic imine (C=N–C) groups is 1. The summed E-state index contributed by atoms with van der Waals surface area (Å²) >= 11 is 0. The van der Waals surface area contributed by atoms with E-state index in [4.69, 9.17) is 9.15 Å². The topological polar surface area (TPSA) is 58.8 Å². The van der Waals surface area contributed by atoms with E-state index in [1.54, 1.807) is 13.3 Å². The maximum atomic E-state index is 13.1. The molecule has 1 aromatic heterocycles. The minimum atomic E-state index is -0.191. The Morgan fingerprint density at radius 3 is 2.69 bits per heavy atom. The van der Waals surface area contributed by atoms with Gasteiger partial charge in [0.05, 0.1) is 6.26 Å². The number of hydrogen-bond acceptors (Lipinski definition) is 3. The van der Waals surface area contributed by atoms with Gasteiger partial charge in [0, 0.05) is 32.2 Å². The Labute approximate surface area is 153 Å². The zero-order chi connectivity index (χ0) is 18.2. The molecule has 0 bridgehead atoms. The molecule has 2 N–H and O–H groups in total. The molecule has 1 saturated carbocycles. The number of rotatable bonds is 9. The first-order chi connectivity index (χ1) is 12.7. The van der Waals surface area contributed by atoms with Crippen LogP contribution in [0.4, 0.5) is 4.39 Å². The SMILES string of the molecule is CN=C(NCCCOCc1ccco1)NCC1(c2ccc(F)cc2)CC1. The van der Waals surface area contributed by atoms with Crippen molar-refractivity contribution >= 4 is 5.96 Å². The van der Waals surface area contributed by atoms with Gasteiger partial charge in [-0.1, -0.05) is 12.1 Å². The Morgan fingerprint density at radius 1 is 1.23 bits per heavy atom. The first-order valence-electron chi connectivity index (χ1n) is 9.03. The second-order valence-corrected chi connectivity index (χ2v) is 6.63. The van der Waals surface area contributed by atoms with E-state index in [1.165, 1.54) is 17.7 Å². The Hall–Kier alpha value is -2.34. The van der Waals surface area contributed by atoms with Gasteiger partial charge in [-0.05, 0) is 49.1 Å². The Morgan fingerprint density at radius 2 is 2.04 bits per heavy atom. The summed E-state index contributed by atoms with van der Waals surface area (Å²) in [6, 6.07) is 10.6. The standard InChI is InChI=1S/C20H26FN3O2/c1-22-19(23-11-3-12-25-14-18-4-2-13-26-18)24-15-20(9-10-20)16-5-7-17(21)8-6-16/h2,4-8,13H,3,9-12,14-15H2,1H3,(H2,22,23,24). The lowest BCUT2D eigenvalue weighted by Gasteiger charge is -2.19. The van der Waals surface area contributed by atoms with E-state index >= 15 is 0 Å². The third kappa shape index (κ3) is 5.08. The summed E-state index contributed by atoms with van der Waals surface area (Å²) in [5.74, 6) is 1.43. The molecule has 26 heavy (non-hydrogen) atoms. The van der Waals surface area contributed by atoms with E-state index in [0.717, 1.165) is 44.1 Å². The van der Waals surface area contributed by atoms with Crippen molar-refractivity contribution in [3.8, 4) is 0 Å². The Bertz CT molecular complexity index is 694. The van der Waals surface area contributed by atoms with Gasteiger partial charge in [0.15, 0.2) is 5.96 Å². The summed E-state index contributed by atoms with van der Waals surface area (Å²) in [6.07, 6.45) is 4.76. The van der Waals surface area contributed by atoms with E-state index in [1.807, 2.05) is 24.3 Å². The van der Waals surface area contributed by atoms with Gasteiger partial charge in [-0.25, -0.2) is 4.39 Å². The summed E-state index contributed by atoms with van der Waals surface area (Å²) in [6.45, 7) is 2.74. The highest BCUT2D eigenvalue weighted by Gasteiger charge is 2.44. The number of ether oxygens (including phenoxy) is 1. The molecule has 0 saturated heterocycles. The largest absolute Gasteiger partial charge is 0.467 e. The number of hydrogen-bond donors (Lipinski definition) is 2. The van der Waals surface area contributed by atoms with Crippen molar-refractivity contribution in [1.82, 2.24) is 10.6 Å². The number of furan rings is 1. The maximum absolute atomic E-state index is 13.1. The Kier molecular flexibility index (Phi) is 6.28. The molecule has 0 radical (unpaired) electrons. The molecule has 2 aromatic rings. The summed E-state index contributed by atoms with van der Waals surface area (Å²) < 4.78 is 23.9. The van der Waals surface area contributed by atoms with Crippen molar-refractivity contribution in [2.45, 2.75) is 31.3 Å². The smallest absolute Gasteiger partial charge is 0.191 e. The van der Waals surface area contributed by atoms with Gasteiger partial charge in [0.2, 0.25) is 0 Å². The number of halogens is 1. The molecule has 1 fully saturated rings. The summed E-state index contributed by atoms with van der Waals surface area (Å²) in [7, 11) is 1.76. The lowest BCUT2D eigenvalue weighted by molar-refractivity contribution is 0.105. The second-order valence-electron chi connectivity index (χ2n) is 6.63. The molecule has 1 heterocycles. The highest BCUT2D eigenvalue weighted by atomic mass is 19.1. The van der Waals surface area contributed by atoms with Crippen LogP contribution in [-0.4, -0.2) is 32.7 Å². The van der Waals surface area contributed by atoms with Crippen LogP contribution in [0.1, 0.15) is 30.6 Å². The zero-order valence-electron chi connectivity index (χ0n) is 15.1. The molecule has 0 unspecified atom stereocenters. The third-order valence-corrected chi connectivity index (χ3v) is 4.71. The molecule has 1 aliphatic rings. The number of guanidine groups is 1. The van der Waals surface area contributed by atoms with Crippen LogP contribution in [0.3, 0.4) is 0 Å². The molecule has 1 aliphatic carbocycles. The predicted molar refractivity (Wildman–Crippen MR) is 99.7 cm³/mol. The molecular weight excluding hydrogens is 333 g/mol. The van der Waals surface area contributed by atoms with Crippen LogP contribution >= 0.6 is 0 Å². The van der Waals surface area contributed by atoms with Crippen LogP contribution in [0.2, 0.25) is 0 Å². The van der Waals surface area contributed by atoms with Crippen molar-refractivity contribution in [1.29, 1.82) is 0 Å². The van der Waals surface area contributed by atoms with E-state index in [0.29, 0.717) is 13.2 Å². The molecule has 0 amide bonds. The number of nitrogens with one attached hydrogen (secondary N) is 2. The minimum Gasteiger partial charge on any atom is -0.467 e. The molecule has 140 valence electrons. The molecule has 3 rings (SSSR count). The average molecular weight is 359 g/mol. The van der Waals surface area contributed by atoms with Crippen LogP contribution in [-0.2, 0) is 16.8 Å². The summed E-state index contributed by atoms with van der Waals surface area (Å²) in [5, 5.41) is 6.69. The quantitative estimate of drug-likeness (QED) is 0.410. The van der Waals surface area contributed by atoms with Crippen molar-refractivity contribution in [2.24, 2.45) is 4.99 Å². The minimum absolute atomic E-state index is 0.109. The highest BCUT2D eigenvalue weighted by Crippen LogP contribution is 2.47. The molecule has 0 spiro atoms. The fourth-order valence-electron chi connectivity index (χ4n) is 2.94. The van der Waals surface area contributed by atoms with E-state index < -0.39 is 0 Å². The number of benzene rings is 1. The molecule has 6 heteroatoms. The number of nitrogens with zero attached hydrogens (tertiary/aromatic N) is 1. The highest BCUT2D eigenvalue weighted by molar-refractivity contribution is 5.79.